The molecular formula is C26H18N4O. The van der Waals surface area contributed by atoms with Crippen molar-refractivity contribution in [3.63, 3.8) is 0 Å². The highest BCUT2D eigenvalue weighted by Crippen LogP contribution is 2.46. The molecule has 2 aliphatic rings. The maximum atomic E-state index is 13.1. The highest BCUT2D eigenvalue weighted by Gasteiger charge is 2.32. The van der Waals surface area contributed by atoms with Crippen molar-refractivity contribution < 1.29 is 4.79 Å². The van der Waals surface area contributed by atoms with Crippen LogP contribution in [0.5, 0.6) is 0 Å². The minimum atomic E-state index is 0.0426. The third-order valence-electron chi connectivity index (χ3n) is 7.26. The lowest BCUT2D eigenvalue weighted by molar-refractivity contribution is 0.0967. The fraction of sp³-hybridized carbons (Fsp3) is 0.115. The van der Waals surface area contributed by atoms with Crippen LogP contribution in [0, 0.1) is 0 Å². The fourth-order valence-corrected chi connectivity index (χ4v) is 6.01. The lowest BCUT2D eigenvalue weighted by Crippen LogP contribution is -2.12. The van der Waals surface area contributed by atoms with E-state index in [9.17, 15) is 4.79 Å². The highest BCUT2D eigenvalue weighted by molar-refractivity contribution is 6.30. The molecule has 3 aromatic heterocycles. The van der Waals surface area contributed by atoms with Crippen molar-refractivity contribution in [1.82, 2.24) is 19.4 Å². The molecule has 0 unspecified atom stereocenters. The van der Waals surface area contributed by atoms with Gasteiger partial charge in [0.25, 0.3) is 5.91 Å². The van der Waals surface area contributed by atoms with Gasteiger partial charge in [-0.1, -0.05) is 36.4 Å². The predicted molar refractivity (Wildman–Crippen MR) is 123 cm³/mol. The maximum Gasteiger partial charge on any atom is 0.252 e. The number of aromatic amines is 1. The third kappa shape index (κ3) is 1.73. The average molecular weight is 402 g/mol. The topological polar surface area (TPSA) is 54.8 Å². The Morgan fingerprint density at radius 3 is 2.00 bits per heavy atom. The number of para-hydroxylation sites is 2. The number of carbonyl (C=O) groups is 1. The summed E-state index contributed by atoms with van der Waals surface area (Å²) in [7, 11) is 0. The molecule has 2 N–H and O–H groups in total. The zero-order valence-electron chi connectivity index (χ0n) is 16.7. The minimum Gasteiger partial charge on any atom is -0.367 e. The summed E-state index contributed by atoms with van der Waals surface area (Å²) in [6.45, 7) is 2.20. The molecule has 5 nitrogen and oxygen atoms in total. The Kier molecular flexibility index (Phi) is 2.64. The predicted octanol–water partition coefficient (Wildman–Crippen LogP) is 4.88. The summed E-state index contributed by atoms with van der Waals surface area (Å²) in [5.74, 6) is 0.0426. The number of benzene rings is 3. The minimum absolute atomic E-state index is 0.0426. The maximum absolute atomic E-state index is 13.1. The molecule has 0 bridgehead atoms. The number of hydrogen-bond donors (Lipinski definition) is 2. The molecule has 0 spiro atoms. The van der Waals surface area contributed by atoms with Crippen LogP contribution < -0.4 is 5.32 Å². The Morgan fingerprint density at radius 2 is 1.32 bits per heavy atom. The SMILES string of the molecule is O=C1NCc2c1c1c3ccccc3n3c1c1c2c2ccccc2n1Cc1c[nH]cc1C3. The first kappa shape index (κ1) is 15.8. The molecular weight excluding hydrogens is 384 g/mol. The van der Waals surface area contributed by atoms with E-state index in [1.165, 1.54) is 44.0 Å². The van der Waals surface area contributed by atoms with E-state index < -0.39 is 0 Å². The van der Waals surface area contributed by atoms with Crippen molar-refractivity contribution in [2.24, 2.45) is 0 Å². The van der Waals surface area contributed by atoms with Crippen LogP contribution in [-0.4, -0.2) is 20.0 Å². The highest BCUT2D eigenvalue weighted by atomic mass is 16.1. The second-order valence-electron chi connectivity index (χ2n) is 8.70. The molecule has 5 heterocycles. The molecule has 5 heteroatoms. The molecule has 0 saturated heterocycles. The molecule has 1 amide bonds. The van der Waals surface area contributed by atoms with E-state index in [0.717, 1.165) is 35.0 Å². The summed E-state index contributed by atoms with van der Waals surface area (Å²) in [5, 5.41) is 7.81. The number of carbonyl (C=O) groups excluding carboxylic acids is 1. The van der Waals surface area contributed by atoms with Gasteiger partial charge >= 0.3 is 0 Å². The van der Waals surface area contributed by atoms with E-state index in [4.69, 9.17) is 0 Å². The molecule has 0 atom stereocenters. The fourth-order valence-electron chi connectivity index (χ4n) is 6.01. The molecule has 0 aliphatic carbocycles. The van der Waals surface area contributed by atoms with Gasteiger partial charge in [0.15, 0.2) is 0 Å². The number of fused-ring (bicyclic) bond motifs is 10. The Balaban J connectivity index is 1.77. The first-order valence-electron chi connectivity index (χ1n) is 10.7. The number of aromatic nitrogens is 3. The lowest BCUT2D eigenvalue weighted by Gasteiger charge is -2.17. The first-order chi connectivity index (χ1) is 15.3. The Morgan fingerprint density at radius 1 is 0.742 bits per heavy atom. The van der Waals surface area contributed by atoms with E-state index in [2.05, 4.69) is 80.4 Å². The molecule has 148 valence electrons. The van der Waals surface area contributed by atoms with Gasteiger partial charge in [-0.25, -0.2) is 0 Å². The number of hydrogen-bond acceptors (Lipinski definition) is 1. The van der Waals surface area contributed by atoms with Crippen molar-refractivity contribution in [3.8, 4) is 0 Å². The first-order valence-corrected chi connectivity index (χ1v) is 10.7. The van der Waals surface area contributed by atoms with Gasteiger partial charge in [0.05, 0.1) is 29.7 Å². The Bertz CT molecular complexity index is 1760. The molecule has 0 saturated carbocycles. The monoisotopic (exact) mass is 402 g/mol. The van der Waals surface area contributed by atoms with Crippen LogP contribution in [0.25, 0.3) is 43.6 Å². The van der Waals surface area contributed by atoms with Crippen molar-refractivity contribution in [1.29, 1.82) is 0 Å². The van der Waals surface area contributed by atoms with E-state index in [0.29, 0.717) is 6.54 Å². The van der Waals surface area contributed by atoms with Crippen molar-refractivity contribution in [2.45, 2.75) is 19.6 Å². The Hall–Kier alpha value is -3.99. The number of nitrogens with one attached hydrogen (secondary N) is 2. The van der Waals surface area contributed by atoms with E-state index in [1.54, 1.807) is 0 Å². The van der Waals surface area contributed by atoms with Crippen LogP contribution in [0.1, 0.15) is 27.0 Å². The second kappa shape index (κ2) is 5.19. The molecule has 3 aromatic carbocycles. The summed E-state index contributed by atoms with van der Waals surface area (Å²) < 4.78 is 4.87. The quantitative estimate of drug-likeness (QED) is 0.373. The van der Waals surface area contributed by atoms with Gasteiger partial charge in [-0.15, -0.1) is 0 Å². The Labute approximate surface area is 176 Å². The average Bonchev–Trinajstić information content (AvgIpc) is 3.53. The van der Waals surface area contributed by atoms with Crippen LogP contribution in [0.15, 0.2) is 60.9 Å². The molecule has 31 heavy (non-hydrogen) atoms. The summed E-state index contributed by atoms with van der Waals surface area (Å²) in [4.78, 5) is 16.4. The van der Waals surface area contributed by atoms with E-state index >= 15 is 0 Å². The van der Waals surface area contributed by atoms with Gasteiger partial charge in [0.2, 0.25) is 0 Å². The standard InChI is InChI=1S/C26H18N4O/c31-26-23-18(11-28-26)21-16-5-1-3-7-19(16)29-12-14-9-27-10-15(14)13-30-20-8-4-2-6-17(20)22(23)25(30)24(21)29/h1-10,27H,11-13H2,(H,28,31). The van der Waals surface area contributed by atoms with Crippen LogP contribution >= 0.6 is 0 Å². The zero-order chi connectivity index (χ0) is 20.3. The summed E-state index contributed by atoms with van der Waals surface area (Å²) in [6.07, 6.45) is 4.24. The van der Waals surface area contributed by atoms with Crippen molar-refractivity contribution >= 4 is 49.5 Å². The number of amides is 1. The molecule has 0 fully saturated rings. The van der Waals surface area contributed by atoms with E-state index in [1.807, 2.05) is 0 Å². The van der Waals surface area contributed by atoms with Crippen LogP contribution in [0.4, 0.5) is 0 Å². The second-order valence-corrected chi connectivity index (χ2v) is 8.70. The van der Waals surface area contributed by atoms with Gasteiger partial charge in [0, 0.05) is 51.5 Å². The largest absolute Gasteiger partial charge is 0.367 e. The molecule has 0 radical (unpaired) electrons. The summed E-state index contributed by atoms with van der Waals surface area (Å²) in [6, 6.07) is 17.1. The van der Waals surface area contributed by atoms with Crippen LogP contribution in [0.2, 0.25) is 0 Å². The van der Waals surface area contributed by atoms with Crippen LogP contribution in [-0.2, 0) is 19.6 Å². The normalized spacial score (nSPS) is 15.0. The summed E-state index contributed by atoms with van der Waals surface area (Å²) >= 11 is 0. The molecule has 6 aromatic rings. The number of rotatable bonds is 0. The van der Waals surface area contributed by atoms with Gasteiger partial charge in [0.1, 0.15) is 0 Å². The van der Waals surface area contributed by atoms with Gasteiger partial charge in [-0.2, -0.15) is 0 Å². The molecule has 2 aliphatic heterocycles. The number of nitrogens with zero attached hydrogens (tertiary/aromatic N) is 2. The van der Waals surface area contributed by atoms with E-state index in [-0.39, 0.29) is 5.91 Å². The van der Waals surface area contributed by atoms with Gasteiger partial charge in [-0.05, 0) is 28.8 Å². The zero-order valence-corrected chi connectivity index (χ0v) is 16.7. The smallest absolute Gasteiger partial charge is 0.252 e. The van der Waals surface area contributed by atoms with Gasteiger partial charge < -0.3 is 19.4 Å². The lowest BCUT2D eigenvalue weighted by atomic mass is 9.97. The van der Waals surface area contributed by atoms with Crippen LogP contribution in [0.3, 0.4) is 0 Å². The van der Waals surface area contributed by atoms with Crippen molar-refractivity contribution in [2.75, 3.05) is 0 Å². The number of H-pyrrole nitrogens is 1. The summed E-state index contributed by atoms with van der Waals surface area (Å²) in [5.41, 5.74) is 9.42. The van der Waals surface area contributed by atoms with Gasteiger partial charge in [-0.3, -0.25) is 4.79 Å². The van der Waals surface area contributed by atoms with Crippen molar-refractivity contribution in [3.05, 3.63) is 83.2 Å². The third-order valence-corrected chi connectivity index (χ3v) is 7.26. The molecule has 8 rings (SSSR count).